The molecular weight excluding hydrogens is 230 g/mol. The van der Waals surface area contributed by atoms with Gasteiger partial charge in [-0.05, 0) is 74.0 Å². The van der Waals surface area contributed by atoms with E-state index in [1.165, 1.54) is 64.2 Å². The largest absolute Gasteiger partial charge is 0.327 e. The number of hydrogen-bond donors (Lipinski definition) is 1. The Balaban J connectivity index is 1.40. The van der Waals surface area contributed by atoms with Gasteiger partial charge in [0.2, 0.25) is 0 Å². The van der Waals surface area contributed by atoms with Crippen molar-refractivity contribution in [1.29, 1.82) is 0 Å². The predicted molar refractivity (Wildman–Crippen MR) is 79.7 cm³/mol. The Kier molecular flexibility index (Phi) is 3.38. The summed E-state index contributed by atoms with van der Waals surface area (Å²) in [6, 6.07) is 0.540. The van der Waals surface area contributed by atoms with Gasteiger partial charge in [0.15, 0.2) is 0 Å². The molecule has 5 aliphatic carbocycles. The summed E-state index contributed by atoms with van der Waals surface area (Å²) < 4.78 is 0. The molecule has 5 rings (SSSR count). The van der Waals surface area contributed by atoms with E-state index in [9.17, 15) is 0 Å². The fraction of sp³-hybridized carbons (Fsp3) is 1.00. The molecule has 0 heterocycles. The summed E-state index contributed by atoms with van der Waals surface area (Å²) in [6.07, 6.45) is 16.4. The molecule has 0 spiro atoms. The molecule has 108 valence electrons. The first kappa shape index (κ1) is 12.7. The molecule has 0 radical (unpaired) electrons. The van der Waals surface area contributed by atoms with Crippen molar-refractivity contribution in [3.8, 4) is 0 Å². The second-order valence-corrected chi connectivity index (χ2v) is 8.41. The highest BCUT2D eigenvalue weighted by molar-refractivity contribution is 5.01. The zero-order chi connectivity index (χ0) is 12.8. The van der Waals surface area contributed by atoms with Crippen LogP contribution in [-0.4, -0.2) is 6.04 Å². The lowest BCUT2D eigenvalue weighted by molar-refractivity contribution is -0.0498. The average molecular weight is 261 g/mol. The molecule has 0 saturated heterocycles. The molecule has 5 fully saturated rings. The normalized spacial score (nSPS) is 47.5. The molecular formula is C18H31N. The third-order valence-corrected chi connectivity index (χ3v) is 7.12. The van der Waals surface area contributed by atoms with Crippen molar-refractivity contribution in [1.82, 2.24) is 0 Å². The molecule has 0 aliphatic heterocycles. The highest BCUT2D eigenvalue weighted by Crippen LogP contribution is 2.57. The minimum atomic E-state index is 0.540. The van der Waals surface area contributed by atoms with Gasteiger partial charge in [-0.1, -0.05) is 32.1 Å². The van der Waals surface area contributed by atoms with Gasteiger partial charge < -0.3 is 5.73 Å². The first-order valence-corrected chi connectivity index (χ1v) is 9.05. The third kappa shape index (κ3) is 2.37. The van der Waals surface area contributed by atoms with Gasteiger partial charge in [-0.25, -0.2) is 0 Å². The van der Waals surface area contributed by atoms with Crippen LogP contribution in [0.25, 0.3) is 0 Å². The van der Waals surface area contributed by atoms with Crippen LogP contribution in [0, 0.1) is 35.5 Å². The van der Waals surface area contributed by atoms with Crippen molar-refractivity contribution in [2.75, 3.05) is 0 Å². The molecule has 0 amide bonds. The number of nitrogens with two attached hydrogens (primary N) is 1. The van der Waals surface area contributed by atoms with Gasteiger partial charge in [-0.3, -0.25) is 0 Å². The molecule has 1 nitrogen and oxygen atoms in total. The van der Waals surface area contributed by atoms with Crippen molar-refractivity contribution >= 4 is 0 Å². The van der Waals surface area contributed by atoms with E-state index in [2.05, 4.69) is 0 Å². The first-order valence-electron chi connectivity index (χ1n) is 9.05. The van der Waals surface area contributed by atoms with Crippen LogP contribution >= 0.6 is 0 Å². The zero-order valence-corrected chi connectivity index (χ0v) is 12.4. The lowest BCUT2D eigenvalue weighted by Crippen LogP contribution is -2.52. The van der Waals surface area contributed by atoms with Crippen molar-refractivity contribution in [2.45, 2.75) is 76.7 Å². The smallest absolute Gasteiger partial charge is 0.00751 e. The van der Waals surface area contributed by atoms with Crippen molar-refractivity contribution < 1.29 is 0 Å². The quantitative estimate of drug-likeness (QED) is 0.802. The molecule has 2 N–H and O–H groups in total. The Morgan fingerprint density at radius 3 is 1.95 bits per heavy atom. The molecule has 5 aliphatic rings. The molecule has 1 unspecified atom stereocenters. The molecule has 4 bridgehead atoms. The van der Waals surface area contributed by atoms with Crippen molar-refractivity contribution in [2.24, 2.45) is 41.2 Å². The Bertz CT molecular complexity index is 290. The molecule has 1 atom stereocenters. The van der Waals surface area contributed by atoms with Gasteiger partial charge in [0.05, 0.1) is 0 Å². The number of hydrogen-bond acceptors (Lipinski definition) is 1. The topological polar surface area (TPSA) is 26.0 Å². The van der Waals surface area contributed by atoms with Crippen LogP contribution in [0.1, 0.15) is 70.6 Å². The minimum Gasteiger partial charge on any atom is -0.327 e. The van der Waals surface area contributed by atoms with Crippen LogP contribution < -0.4 is 5.73 Å². The second kappa shape index (κ2) is 5.06. The summed E-state index contributed by atoms with van der Waals surface area (Å²) in [5.74, 6) is 6.13. The highest BCUT2D eigenvalue weighted by Gasteiger charge is 2.49. The zero-order valence-electron chi connectivity index (χ0n) is 12.4. The van der Waals surface area contributed by atoms with Gasteiger partial charge in [-0.15, -0.1) is 0 Å². The third-order valence-electron chi connectivity index (χ3n) is 7.12. The Morgan fingerprint density at radius 2 is 1.37 bits per heavy atom. The van der Waals surface area contributed by atoms with Gasteiger partial charge in [0, 0.05) is 6.04 Å². The van der Waals surface area contributed by atoms with Crippen LogP contribution in [0.4, 0.5) is 0 Å². The molecule has 19 heavy (non-hydrogen) atoms. The second-order valence-electron chi connectivity index (χ2n) is 8.41. The Morgan fingerprint density at radius 1 is 0.789 bits per heavy atom. The van der Waals surface area contributed by atoms with E-state index in [0.717, 1.165) is 35.5 Å². The SMILES string of the molecule is NC(CC1CCCCC1)C1C2CC3CC(C2)CC1C3. The van der Waals surface area contributed by atoms with E-state index in [4.69, 9.17) is 5.73 Å². The van der Waals surface area contributed by atoms with Crippen LogP contribution in [-0.2, 0) is 0 Å². The maximum Gasteiger partial charge on any atom is 0.00751 e. The molecule has 0 aromatic heterocycles. The van der Waals surface area contributed by atoms with E-state index < -0.39 is 0 Å². The molecule has 1 heteroatoms. The van der Waals surface area contributed by atoms with Gasteiger partial charge in [0.1, 0.15) is 0 Å². The Labute approximate surface area is 118 Å². The lowest BCUT2D eigenvalue weighted by atomic mass is 9.50. The standard InChI is InChI=1S/C18H31N/c19-17(11-12-4-2-1-3-5-12)18-15-7-13-6-14(9-15)10-16(18)8-13/h12-18H,1-11,19H2. The van der Waals surface area contributed by atoms with E-state index >= 15 is 0 Å². The van der Waals surface area contributed by atoms with Crippen LogP contribution in [0.15, 0.2) is 0 Å². The van der Waals surface area contributed by atoms with Gasteiger partial charge >= 0.3 is 0 Å². The van der Waals surface area contributed by atoms with Crippen LogP contribution in [0.2, 0.25) is 0 Å². The van der Waals surface area contributed by atoms with Crippen LogP contribution in [0.5, 0.6) is 0 Å². The summed E-state index contributed by atoms with van der Waals surface area (Å²) >= 11 is 0. The summed E-state index contributed by atoms with van der Waals surface area (Å²) in [5.41, 5.74) is 6.73. The van der Waals surface area contributed by atoms with E-state index in [0.29, 0.717) is 6.04 Å². The van der Waals surface area contributed by atoms with Gasteiger partial charge in [-0.2, -0.15) is 0 Å². The van der Waals surface area contributed by atoms with Gasteiger partial charge in [0.25, 0.3) is 0 Å². The monoisotopic (exact) mass is 261 g/mol. The number of rotatable bonds is 3. The maximum absolute atomic E-state index is 6.73. The fourth-order valence-electron chi connectivity index (χ4n) is 6.63. The van der Waals surface area contributed by atoms with Crippen molar-refractivity contribution in [3.05, 3.63) is 0 Å². The summed E-state index contributed by atoms with van der Waals surface area (Å²) in [7, 11) is 0. The predicted octanol–water partition coefficient (Wildman–Crippen LogP) is 4.36. The lowest BCUT2D eigenvalue weighted by Gasteiger charge is -2.56. The van der Waals surface area contributed by atoms with E-state index in [1.807, 2.05) is 0 Å². The Hall–Kier alpha value is -0.0400. The minimum absolute atomic E-state index is 0.540. The van der Waals surface area contributed by atoms with E-state index in [1.54, 1.807) is 6.42 Å². The summed E-state index contributed by atoms with van der Waals surface area (Å²) in [6.45, 7) is 0. The maximum atomic E-state index is 6.73. The highest BCUT2D eigenvalue weighted by atomic mass is 14.7. The molecule has 0 aromatic rings. The van der Waals surface area contributed by atoms with E-state index in [-0.39, 0.29) is 0 Å². The molecule has 5 saturated carbocycles. The summed E-state index contributed by atoms with van der Waals surface area (Å²) in [5, 5.41) is 0. The first-order chi connectivity index (χ1) is 9.29. The van der Waals surface area contributed by atoms with Crippen LogP contribution in [0.3, 0.4) is 0 Å². The van der Waals surface area contributed by atoms with Crippen molar-refractivity contribution in [3.63, 3.8) is 0 Å². The summed E-state index contributed by atoms with van der Waals surface area (Å²) in [4.78, 5) is 0. The average Bonchev–Trinajstić information content (AvgIpc) is 2.38. The fourth-order valence-corrected chi connectivity index (χ4v) is 6.63. The molecule has 0 aromatic carbocycles.